The van der Waals surface area contributed by atoms with Crippen LogP contribution in [0.25, 0.3) is 0 Å². The van der Waals surface area contributed by atoms with Crippen LogP contribution in [0.4, 0.5) is 0 Å². The van der Waals surface area contributed by atoms with Gasteiger partial charge in [-0.25, -0.2) is 9.67 Å². The van der Waals surface area contributed by atoms with Crippen molar-refractivity contribution in [3.05, 3.63) is 47.5 Å². The van der Waals surface area contributed by atoms with Crippen molar-refractivity contribution < 1.29 is 19.0 Å². The average Bonchev–Trinajstić information content (AvgIpc) is 3.27. The third-order valence-corrected chi connectivity index (χ3v) is 5.50. The van der Waals surface area contributed by atoms with Gasteiger partial charge in [-0.15, -0.1) is 0 Å². The topological polar surface area (TPSA) is 75.5 Å². The molecular formula is C21H28ClN3O4. The van der Waals surface area contributed by atoms with E-state index in [2.05, 4.69) is 10.1 Å². The molecule has 0 saturated carbocycles. The minimum atomic E-state index is -0.528. The number of benzene rings is 1. The molecule has 3 rings (SSSR count). The van der Waals surface area contributed by atoms with Crippen molar-refractivity contribution in [2.24, 2.45) is 5.41 Å². The lowest BCUT2D eigenvalue weighted by Gasteiger charge is -2.44. The van der Waals surface area contributed by atoms with E-state index in [1.54, 1.807) is 17.9 Å². The monoisotopic (exact) mass is 421 g/mol. The zero-order valence-corrected chi connectivity index (χ0v) is 17.8. The first-order chi connectivity index (χ1) is 13.9. The third kappa shape index (κ3) is 5.35. The van der Waals surface area contributed by atoms with E-state index in [0.29, 0.717) is 24.7 Å². The van der Waals surface area contributed by atoms with E-state index in [-0.39, 0.29) is 24.7 Å². The van der Waals surface area contributed by atoms with Gasteiger partial charge in [0.2, 0.25) is 0 Å². The fourth-order valence-electron chi connectivity index (χ4n) is 3.56. The van der Waals surface area contributed by atoms with Gasteiger partial charge in [0.05, 0.1) is 24.7 Å². The first kappa shape index (κ1) is 21.7. The van der Waals surface area contributed by atoms with E-state index in [1.807, 2.05) is 38.1 Å². The van der Waals surface area contributed by atoms with Crippen LogP contribution in [-0.2, 0) is 25.4 Å². The van der Waals surface area contributed by atoms with Gasteiger partial charge < -0.3 is 14.2 Å². The average molecular weight is 422 g/mol. The Morgan fingerprint density at radius 3 is 2.55 bits per heavy atom. The van der Waals surface area contributed by atoms with E-state index in [1.165, 1.54) is 6.33 Å². The first-order valence-electron chi connectivity index (χ1n) is 9.96. The molecule has 1 aliphatic heterocycles. The molecule has 0 spiro atoms. The third-order valence-electron chi connectivity index (χ3n) is 5.25. The fourth-order valence-corrected chi connectivity index (χ4v) is 3.68. The maximum Gasteiger partial charge on any atom is 0.305 e. The number of hydrogen-bond donors (Lipinski definition) is 0. The summed E-state index contributed by atoms with van der Waals surface area (Å²) in [4.78, 5) is 16.4. The molecule has 1 aliphatic rings. The quantitative estimate of drug-likeness (QED) is 0.603. The summed E-state index contributed by atoms with van der Waals surface area (Å²) in [6.07, 6.45) is 4.04. The molecule has 1 aromatic heterocycles. The van der Waals surface area contributed by atoms with Crippen molar-refractivity contribution in [3.63, 3.8) is 0 Å². The number of carbonyl (C=O) groups excluding carboxylic acids is 1. The summed E-state index contributed by atoms with van der Waals surface area (Å²) in [5.74, 6) is -0.268. The second kappa shape index (κ2) is 9.69. The lowest BCUT2D eigenvalue weighted by molar-refractivity contribution is -0.253. The maximum atomic E-state index is 12.3. The highest BCUT2D eigenvalue weighted by molar-refractivity contribution is 6.30. The Morgan fingerprint density at radius 1 is 1.31 bits per heavy atom. The minimum absolute atomic E-state index is 0.230. The molecule has 7 nitrogen and oxygen atoms in total. The van der Waals surface area contributed by atoms with E-state index in [9.17, 15) is 4.79 Å². The summed E-state index contributed by atoms with van der Waals surface area (Å²) < 4.78 is 19.5. The number of ether oxygens (including phenoxy) is 3. The summed E-state index contributed by atoms with van der Waals surface area (Å²) in [6, 6.07) is 7.36. The van der Waals surface area contributed by atoms with Gasteiger partial charge in [-0.05, 0) is 30.5 Å². The SMILES string of the molecule is CCC(=O)OC(C(Cc1ccc(Cl)cc1)n1cncn1)C1(C)COC(CC)OC1. The zero-order valence-electron chi connectivity index (χ0n) is 17.1. The molecule has 2 heterocycles. The smallest absolute Gasteiger partial charge is 0.305 e. The molecule has 2 aromatic rings. The highest BCUT2D eigenvalue weighted by atomic mass is 35.5. The molecule has 158 valence electrons. The van der Waals surface area contributed by atoms with Crippen molar-refractivity contribution in [1.82, 2.24) is 14.8 Å². The minimum Gasteiger partial charge on any atom is -0.459 e. The van der Waals surface area contributed by atoms with Crippen LogP contribution in [0.15, 0.2) is 36.9 Å². The molecule has 29 heavy (non-hydrogen) atoms. The Labute approximate surface area is 176 Å². The molecule has 1 fully saturated rings. The Balaban J connectivity index is 1.93. The maximum absolute atomic E-state index is 12.3. The van der Waals surface area contributed by atoms with Gasteiger partial charge in [0, 0.05) is 11.4 Å². The summed E-state index contributed by atoms with van der Waals surface area (Å²) in [5.41, 5.74) is 0.527. The summed E-state index contributed by atoms with van der Waals surface area (Å²) in [6.45, 7) is 6.68. The molecule has 0 aliphatic carbocycles. The van der Waals surface area contributed by atoms with E-state index in [4.69, 9.17) is 25.8 Å². The molecule has 0 amide bonds. The van der Waals surface area contributed by atoms with Crippen LogP contribution in [0.5, 0.6) is 0 Å². The van der Waals surface area contributed by atoms with Gasteiger partial charge in [-0.2, -0.15) is 5.10 Å². The van der Waals surface area contributed by atoms with Gasteiger partial charge in [0.25, 0.3) is 0 Å². The van der Waals surface area contributed by atoms with Crippen LogP contribution in [0.2, 0.25) is 5.02 Å². The van der Waals surface area contributed by atoms with Crippen LogP contribution in [-0.4, -0.2) is 46.3 Å². The number of halogens is 1. The van der Waals surface area contributed by atoms with Crippen LogP contribution in [0.3, 0.4) is 0 Å². The normalized spacial score (nSPS) is 24.1. The van der Waals surface area contributed by atoms with Crippen molar-refractivity contribution in [2.45, 2.75) is 58.5 Å². The number of hydrogen-bond acceptors (Lipinski definition) is 6. The van der Waals surface area contributed by atoms with Crippen LogP contribution < -0.4 is 0 Å². The molecule has 2 unspecified atom stereocenters. The van der Waals surface area contributed by atoms with Gasteiger partial charge in [0.15, 0.2) is 6.29 Å². The number of nitrogens with zero attached hydrogens (tertiary/aromatic N) is 3. The van der Waals surface area contributed by atoms with E-state index < -0.39 is 11.5 Å². The lowest BCUT2D eigenvalue weighted by atomic mass is 9.79. The molecule has 8 heteroatoms. The molecule has 1 aromatic carbocycles. The Morgan fingerprint density at radius 2 is 2.00 bits per heavy atom. The van der Waals surface area contributed by atoms with Crippen LogP contribution in [0.1, 0.15) is 45.2 Å². The van der Waals surface area contributed by atoms with Crippen molar-refractivity contribution in [3.8, 4) is 0 Å². The second-order valence-corrected chi connectivity index (χ2v) is 8.09. The Hall–Kier alpha value is -1.96. The highest BCUT2D eigenvalue weighted by Gasteiger charge is 2.46. The van der Waals surface area contributed by atoms with Gasteiger partial charge in [-0.1, -0.05) is 44.5 Å². The predicted octanol–water partition coefficient (Wildman–Crippen LogP) is 3.83. The largest absolute Gasteiger partial charge is 0.459 e. The van der Waals surface area contributed by atoms with Crippen LogP contribution in [0, 0.1) is 5.41 Å². The van der Waals surface area contributed by atoms with Gasteiger partial charge >= 0.3 is 5.97 Å². The summed E-state index contributed by atoms with van der Waals surface area (Å²) in [7, 11) is 0. The van der Waals surface area contributed by atoms with Crippen molar-refractivity contribution in [2.75, 3.05) is 13.2 Å². The first-order valence-corrected chi connectivity index (χ1v) is 10.3. The molecule has 0 N–H and O–H groups in total. The summed E-state index contributed by atoms with van der Waals surface area (Å²) in [5, 5.41) is 5.02. The number of carbonyl (C=O) groups is 1. The molecule has 0 radical (unpaired) electrons. The standard InChI is InChI=1S/C21H28ClN3O4/c1-4-18(26)29-20(21(3)11-27-19(5-2)28-12-21)17(25-14-23-13-24-25)10-15-6-8-16(22)9-7-15/h6-9,13-14,17,19-20H,4-5,10-12H2,1-3H3. The molecule has 1 saturated heterocycles. The number of esters is 1. The molecule has 2 atom stereocenters. The molecular weight excluding hydrogens is 394 g/mol. The van der Waals surface area contributed by atoms with Crippen molar-refractivity contribution in [1.29, 1.82) is 0 Å². The van der Waals surface area contributed by atoms with Gasteiger partial charge in [-0.3, -0.25) is 4.79 Å². The highest BCUT2D eigenvalue weighted by Crippen LogP contribution is 2.38. The number of rotatable bonds is 8. The van der Waals surface area contributed by atoms with Gasteiger partial charge in [0.1, 0.15) is 18.8 Å². The van der Waals surface area contributed by atoms with E-state index in [0.717, 1.165) is 12.0 Å². The Bertz CT molecular complexity index is 774. The Kier molecular flexibility index (Phi) is 7.27. The van der Waals surface area contributed by atoms with Crippen molar-refractivity contribution >= 4 is 17.6 Å². The summed E-state index contributed by atoms with van der Waals surface area (Å²) >= 11 is 6.04. The number of aromatic nitrogens is 3. The fraction of sp³-hybridized carbons (Fsp3) is 0.571. The van der Waals surface area contributed by atoms with E-state index >= 15 is 0 Å². The van der Waals surface area contributed by atoms with Crippen LogP contribution >= 0.6 is 11.6 Å². The lowest BCUT2D eigenvalue weighted by Crippen LogP contribution is -2.52. The predicted molar refractivity (Wildman–Crippen MR) is 108 cm³/mol. The molecule has 0 bridgehead atoms. The zero-order chi connectivity index (χ0) is 20.9. The second-order valence-electron chi connectivity index (χ2n) is 7.65.